The smallest absolute Gasteiger partial charge is 0.320 e. The molecule has 0 spiro atoms. The van der Waals surface area contributed by atoms with Gasteiger partial charge in [-0.25, -0.2) is 0 Å². The fourth-order valence-corrected chi connectivity index (χ4v) is 4.92. The lowest BCUT2D eigenvalue weighted by Gasteiger charge is -2.27. The zero-order valence-electron chi connectivity index (χ0n) is 21.8. The fraction of sp³-hybridized carbons (Fsp3) is 0.414. The minimum absolute atomic E-state index is 0.267. The number of nitrogen functional groups attached to an aromatic ring is 1. The van der Waals surface area contributed by atoms with Gasteiger partial charge in [0.2, 0.25) is 0 Å². The van der Waals surface area contributed by atoms with Crippen molar-refractivity contribution in [2.75, 3.05) is 32.5 Å². The second-order valence-electron chi connectivity index (χ2n) is 9.64. The first-order valence-electron chi connectivity index (χ1n) is 13.3. The average Bonchev–Trinajstić information content (AvgIpc) is 3.28. The summed E-state index contributed by atoms with van der Waals surface area (Å²) in [6.07, 6.45) is 5.90. The first-order chi connectivity index (χ1) is 18.2. The molecule has 0 bridgehead atoms. The van der Waals surface area contributed by atoms with Gasteiger partial charge in [-0.15, -0.1) is 0 Å². The van der Waals surface area contributed by atoms with Gasteiger partial charge >= 0.3 is 6.01 Å². The van der Waals surface area contributed by atoms with Crippen molar-refractivity contribution >= 4 is 17.0 Å². The highest BCUT2D eigenvalue weighted by atomic mass is 16.5. The maximum Gasteiger partial charge on any atom is 0.320 e. The number of nitrogens with two attached hydrogens (primary N) is 1. The monoisotopic (exact) mass is 500 g/mol. The van der Waals surface area contributed by atoms with Crippen molar-refractivity contribution in [2.45, 2.75) is 52.1 Å². The zero-order valence-corrected chi connectivity index (χ0v) is 21.8. The Morgan fingerprint density at radius 2 is 1.70 bits per heavy atom. The summed E-state index contributed by atoms with van der Waals surface area (Å²) >= 11 is 0. The molecule has 0 aliphatic carbocycles. The van der Waals surface area contributed by atoms with Crippen LogP contribution in [0, 0.1) is 0 Å². The molecular formula is C29H36N6O2. The van der Waals surface area contributed by atoms with Crippen molar-refractivity contribution in [3.8, 4) is 23.1 Å². The number of methoxy groups -OCH3 is 1. The molecule has 2 aromatic heterocycles. The first kappa shape index (κ1) is 25.0. The normalized spacial score (nSPS) is 14.2. The Bertz CT molecular complexity index is 1330. The van der Waals surface area contributed by atoms with Crippen LogP contribution in [0.4, 0.5) is 5.82 Å². The van der Waals surface area contributed by atoms with Gasteiger partial charge in [0.1, 0.15) is 0 Å². The first-order valence-corrected chi connectivity index (χ1v) is 13.3. The average molecular weight is 501 g/mol. The Morgan fingerprint density at radius 3 is 2.46 bits per heavy atom. The predicted molar refractivity (Wildman–Crippen MR) is 147 cm³/mol. The number of ether oxygens (including phenoxy) is 2. The number of likely N-dealkylation sites (tertiary alicyclic amines) is 1. The third-order valence-electron chi connectivity index (χ3n) is 6.94. The lowest BCUT2D eigenvalue weighted by molar-refractivity contribution is 0.221. The van der Waals surface area contributed by atoms with E-state index in [1.165, 1.54) is 49.0 Å². The van der Waals surface area contributed by atoms with Crippen molar-refractivity contribution in [3.63, 3.8) is 0 Å². The number of hydrogen-bond acceptors (Lipinski definition) is 7. The van der Waals surface area contributed by atoms with Crippen LogP contribution in [0.2, 0.25) is 0 Å². The van der Waals surface area contributed by atoms with Crippen molar-refractivity contribution < 1.29 is 9.47 Å². The van der Waals surface area contributed by atoms with Crippen LogP contribution in [0.25, 0.3) is 22.3 Å². The van der Waals surface area contributed by atoms with E-state index in [0.29, 0.717) is 30.3 Å². The molecule has 0 atom stereocenters. The van der Waals surface area contributed by atoms with Crippen molar-refractivity contribution in [1.82, 2.24) is 24.4 Å². The van der Waals surface area contributed by atoms with Crippen molar-refractivity contribution in [2.24, 2.45) is 0 Å². The Hall–Kier alpha value is -3.65. The van der Waals surface area contributed by atoms with Crippen LogP contribution in [0.15, 0.2) is 48.5 Å². The summed E-state index contributed by atoms with van der Waals surface area (Å²) in [7, 11) is 1.60. The van der Waals surface area contributed by atoms with E-state index in [4.69, 9.17) is 15.2 Å². The molecule has 0 saturated carbocycles. The molecule has 2 aromatic carbocycles. The number of rotatable bonds is 10. The van der Waals surface area contributed by atoms with Crippen LogP contribution in [0.3, 0.4) is 0 Å². The van der Waals surface area contributed by atoms with Crippen LogP contribution in [-0.4, -0.2) is 51.2 Å². The van der Waals surface area contributed by atoms with E-state index in [1.54, 1.807) is 7.11 Å². The van der Waals surface area contributed by atoms with Gasteiger partial charge in [0.15, 0.2) is 17.0 Å². The molecule has 8 nitrogen and oxygen atoms in total. The van der Waals surface area contributed by atoms with Gasteiger partial charge in [0.05, 0.1) is 20.3 Å². The Balaban J connectivity index is 1.39. The molecule has 8 heteroatoms. The minimum Gasteiger partial charge on any atom is -0.468 e. The van der Waals surface area contributed by atoms with Crippen LogP contribution >= 0.6 is 0 Å². The number of piperidine rings is 1. The second-order valence-corrected chi connectivity index (χ2v) is 9.64. The third-order valence-corrected chi connectivity index (χ3v) is 6.94. The van der Waals surface area contributed by atoms with Crippen molar-refractivity contribution in [1.29, 1.82) is 0 Å². The predicted octanol–water partition coefficient (Wildman–Crippen LogP) is 5.30. The van der Waals surface area contributed by atoms with Crippen LogP contribution < -0.4 is 15.2 Å². The highest BCUT2D eigenvalue weighted by molar-refractivity contribution is 5.83. The van der Waals surface area contributed by atoms with E-state index in [-0.39, 0.29) is 11.8 Å². The van der Waals surface area contributed by atoms with Gasteiger partial charge in [0.25, 0.3) is 6.01 Å². The van der Waals surface area contributed by atoms with Gasteiger partial charge < -0.3 is 15.2 Å². The number of benzene rings is 2. The molecule has 0 amide bonds. The van der Waals surface area contributed by atoms with Gasteiger partial charge in [-0.2, -0.15) is 15.0 Å². The lowest BCUT2D eigenvalue weighted by atomic mass is 9.97. The molecule has 3 heterocycles. The zero-order chi connectivity index (χ0) is 25.6. The van der Waals surface area contributed by atoms with Gasteiger partial charge in [-0.1, -0.05) is 68.3 Å². The molecule has 5 rings (SSSR count). The van der Waals surface area contributed by atoms with Gasteiger partial charge in [-0.3, -0.25) is 9.47 Å². The molecule has 1 saturated heterocycles. The van der Waals surface area contributed by atoms with E-state index in [2.05, 4.69) is 75.3 Å². The Morgan fingerprint density at radius 1 is 0.919 bits per heavy atom. The van der Waals surface area contributed by atoms with E-state index in [1.807, 2.05) is 4.57 Å². The van der Waals surface area contributed by atoms with Gasteiger partial charge in [0, 0.05) is 6.54 Å². The molecular weight excluding hydrogens is 464 g/mol. The number of fused-ring (bicyclic) bond motifs is 1. The van der Waals surface area contributed by atoms with E-state index >= 15 is 0 Å². The van der Waals surface area contributed by atoms with Crippen LogP contribution in [-0.2, 0) is 13.1 Å². The quantitative estimate of drug-likeness (QED) is 0.296. The highest BCUT2D eigenvalue weighted by Crippen LogP contribution is 2.29. The maximum absolute atomic E-state index is 6.19. The van der Waals surface area contributed by atoms with Crippen LogP contribution in [0.1, 0.15) is 50.2 Å². The molecule has 1 aliphatic heterocycles. The third kappa shape index (κ3) is 5.69. The standard InChI is InChI=1S/C29H36N6O2/c1-3-4-18-37-28-32-26(30)25-27(33-28)35(29(31-25)36-2)19-21-12-14-22(15-13-21)24-11-7-6-10-23(24)20-34-16-8-5-9-17-34/h6-7,10-15H,3-5,8-9,16-20H2,1-2H3,(H2,30,32,33). The number of nitrogens with zero attached hydrogens (tertiary/aromatic N) is 5. The summed E-state index contributed by atoms with van der Waals surface area (Å²) in [6.45, 7) is 6.58. The molecule has 194 valence electrons. The summed E-state index contributed by atoms with van der Waals surface area (Å²) in [5, 5.41) is 0. The Labute approximate surface area is 218 Å². The number of anilines is 1. The highest BCUT2D eigenvalue weighted by Gasteiger charge is 2.19. The molecule has 1 aliphatic rings. The fourth-order valence-electron chi connectivity index (χ4n) is 4.92. The summed E-state index contributed by atoms with van der Waals surface area (Å²) in [4.78, 5) is 16.0. The molecule has 1 fully saturated rings. The summed E-state index contributed by atoms with van der Waals surface area (Å²) in [6, 6.07) is 18.1. The van der Waals surface area contributed by atoms with E-state index in [9.17, 15) is 0 Å². The molecule has 2 N–H and O–H groups in total. The molecule has 0 unspecified atom stereocenters. The van der Waals surface area contributed by atoms with Crippen molar-refractivity contribution in [3.05, 3.63) is 59.7 Å². The van der Waals surface area contributed by atoms with E-state index in [0.717, 1.165) is 24.9 Å². The minimum atomic E-state index is 0.267. The number of hydrogen-bond donors (Lipinski definition) is 1. The SMILES string of the molecule is CCCCOc1nc(N)c2nc(OC)n(Cc3ccc(-c4ccccc4CN4CCCCC4)cc3)c2n1. The number of unbranched alkanes of at least 4 members (excludes halogenated alkanes) is 1. The largest absolute Gasteiger partial charge is 0.468 e. The summed E-state index contributed by atoms with van der Waals surface area (Å²) < 4.78 is 13.2. The number of imidazole rings is 1. The van der Waals surface area contributed by atoms with Crippen LogP contribution in [0.5, 0.6) is 12.0 Å². The molecule has 0 radical (unpaired) electrons. The molecule has 37 heavy (non-hydrogen) atoms. The maximum atomic E-state index is 6.19. The lowest BCUT2D eigenvalue weighted by Crippen LogP contribution is -2.29. The van der Waals surface area contributed by atoms with E-state index < -0.39 is 0 Å². The topological polar surface area (TPSA) is 91.3 Å². The Kier molecular flexibility index (Phi) is 7.84. The summed E-state index contributed by atoms with van der Waals surface area (Å²) in [5.74, 6) is 0.286. The summed E-state index contributed by atoms with van der Waals surface area (Å²) in [5.41, 5.74) is 12.3. The molecule has 4 aromatic rings. The number of aromatic nitrogens is 4. The second kappa shape index (κ2) is 11.6. The van der Waals surface area contributed by atoms with Gasteiger partial charge in [-0.05, 0) is 54.6 Å².